The fourth-order valence-electron chi connectivity index (χ4n) is 3.58. The molecule has 2 heterocycles. The van der Waals surface area contributed by atoms with E-state index in [0.29, 0.717) is 29.1 Å². The predicted molar refractivity (Wildman–Crippen MR) is 109 cm³/mol. The van der Waals surface area contributed by atoms with Gasteiger partial charge in [0.25, 0.3) is 5.91 Å². The number of nitrogens with one attached hydrogen (secondary N) is 3. The highest BCUT2D eigenvalue weighted by molar-refractivity contribution is 6.06. The Balaban J connectivity index is 1.70. The van der Waals surface area contributed by atoms with E-state index in [1.807, 2.05) is 24.3 Å². The van der Waals surface area contributed by atoms with Gasteiger partial charge in [0.05, 0.1) is 45.4 Å². The summed E-state index contributed by atoms with van der Waals surface area (Å²) in [5.74, 6) is -0.682. The molecule has 1 aliphatic rings. The Kier molecular flexibility index (Phi) is 6.04. The number of quaternary nitrogens is 1. The van der Waals surface area contributed by atoms with Gasteiger partial charge in [0.15, 0.2) is 0 Å². The minimum atomic E-state index is -0.411. The molecule has 1 fully saturated rings. The van der Waals surface area contributed by atoms with Gasteiger partial charge in [-0.25, -0.2) is 4.79 Å². The molecule has 0 spiro atoms. The lowest BCUT2D eigenvalue weighted by atomic mass is 10.1. The van der Waals surface area contributed by atoms with Crippen molar-refractivity contribution >= 4 is 23.3 Å². The Morgan fingerprint density at radius 3 is 2.43 bits per heavy atom. The van der Waals surface area contributed by atoms with E-state index in [1.165, 1.54) is 5.69 Å². The second-order valence-corrected chi connectivity index (χ2v) is 7.29. The van der Waals surface area contributed by atoms with Crippen LogP contribution in [0, 0.1) is 13.8 Å². The van der Waals surface area contributed by atoms with E-state index in [4.69, 9.17) is 4.74 Å². The quantitative estimate of drug-likeness (QED) is 0.680. The number of aromatic nitrogens is 1. The molecule has 1 amide bonds. The molecule has 1 aliphatic heterocycles. The number of piperazine rings is 1. The van der Waals surface area contributed by atoms with Crippen LogP contribution in [0.5, 0.6) is 0 Å². The first-order valence-corrected chi connectivity index (χ1v) is 9.74. The van der Waals surface area contributed by atoms with Gasteiger partial charge in [-0.05, 0) is 50.6 Å². The molecule has 0 bridgehead atoms. The zero-order valence-corrected chi connectivity index (χ0v) is 17.0. The third kappa shape index (κ3) is 4.20. The monoisotopic (exact) mass is 385 g/mol. The highest BCUT2D eigenvalue weighted by Gasteiger charge is 2.23. The van der Waals surface area contributed by atoms with Gasteiger partial charge in [0.2, 0.25) is 0 Å². The lowest BCUT2D eigenvalue weighted by molar-refractivity contribution is -0.880. The van der Waals surface area contributed by atoms with Crippen LogP contribution < -0.4 is 15.1 Å². The number of carbonyl (C=O) groups excluding carboxylic acids is 2. The first-order valence-electron chi connectivity index (χ1n) is 9.74. The summed E-state index contributed by atoms with van der Waals surface area (Å²) in [6.45, 7) is 9.91. The molecule has 28 heavy (non-hydrogen) atoms. The number of ether oxygens (including phenoxy) is 1. The summed E-state index contributed by atoms with van der Waals surface area (Å²) in [6.07, 6.45) is 0. The van der Waals surface area contributed by atoms with E-state index in [-0.39, 0.29) is 5.91 Å². The number of nitrogens with zero attached hydrogens (tertiary/aromatic N) is 1. The Bertz CT molecular complexity index is 849. The lowest BCUT2D eigenvalue weighted by Crippen LogP contribution is -3.12. The van der Waals surface area contributed by atoms with Gasteiger partial charge >= 0.3 is 5.97 Å². The highest BCUT2D eigenvalue weighted by atomic mass is 16.5. The van der Waals surface area contributed by atoms with Crippen molar-refractivity contribution in [3.63, 3.8) is 0 Å². The van der Waals surface area contributed by atoms with E-state index in [9.17, 15) is 9.59 Å². The van der Waals surface area contributed by atoms with Crippen molar-refractivity contribution in [3.8, 4) is 0 Å². The highest BCUT2D eigenvalue weighted by Crippen LogP contribution is 2.22. The van der Waals surface area contributed by atoms with E-state index in [0.717, 1.165) is 31.9 Å². The number of amides is 1. The van der Waals surface area contributed by atoms with Crippen LogP contribution in [0.15, 0.2) is 24.3 Å². The molecule has 0 atom stereocenters. The molecule has 3 N–H and O–H groups in total. The predicted octanol–water partition coefficient (Wildman–Crippen LogP) is 1.40. The van der Waals surface area contributed by atoms with E-state index >= 15 is 0 Å². The van der Waals surface area contributed by atoms with Crippen LogP contribution >= 0.6 is 0 Å². The van der Waals surface area contributed by atoms with E-state index < -0.39 is 5.97 Å². The zero-order chi connectivity index (χ0) is 20.3. The lowest BCUT2D eigenvalue weighted by Gasteiger charge is -2.31. The standard InChI is InChI=1S/C21H28N4O3/c1-5-28-21(27)18-14(2)19(22-15(18)3)20(26)23-16-6-8-17(9-7-16)25-12-10-24(4)11-13-25/h6-9,22H,5,10-13H2,1-4H3,(H,23,26)/p+1. The van der Waals surface area contributed by atoms with E-state index in [2.05, 4.69) is 22.2 Å². The van der Waals surface area contributed by atoms with Gasteiger partial charge < -0.3 is 24.8 Å². The molecule has 1 saturated heterocycles. The number of carbonyl (C=O) groups is 2. The molecule has 0 saturated carbocycles. The third-order valence-corrected chi connectivity index (χ3v) is 5.25. The second kappa shape index (κ2) is 8.48. The largest absolute Gasteiger partial charge is 0.462 e. The van der Waals surface area contributed by atoms with Crippen LogP contribution in [-0.4, -0.2) is 56.7 Å². The molecule has 1 aromatic heterocycles. The number of anilines is 2. The Morgan fingerprint density at radius 2 is 1.82 bits per heavy atom. The number of likely N-dealkylation sites (N-methyl/N-ethyl adjacent to an activating group) is 1. The average molecular weight is 385 g/mol. The first kappa shape index (κ1) is 19.9. The maximum absolute atomic E-state index is 12.7. The maximum Gasteiger partial charge on any atom is 0.340 e. The smallest absolute Gasteiger partial charge is 0.340 e. The number of H-pyrrole nitrogens is 1. The molecule has 7 heteroatoms. The van der Waals surface area contributed by atoms with Gasteiger partial charge in [0.1, 0.15) is 5.69 Å². The summed E-state index contributed by atoms with van der Waals surface area (Å²) < 4.78 is 5.08. The van der Waals surface area contributed by atoms with Gasteiger partial charge in [-0.15, -0.1) is 0 Å². The van der Waals surface area contributed by atoms with E-state index in [1.54, 1.807) is 25.7 Å². The van der Waals surface area contributed by atoms with Crippen molar-refractivity contribution in [2.75, 3.05) is 50.1 Å². The van der Waals surface area contributed by atoms with Gasteiger partial charge in [-0.3, -0.25) is 4.79 Å². The topological polar surface area (TPSA) is 78.9 Å². The summed E-state index contributed by atoms with van der Waals surface area (Å²) in [4.78, 5) is 31.7. The molecular weight excluding hydrogens is 356 g/mol. The Morgan fingerprint density at radius 1 is 1.18 bits per heavy atom. The third-order valence-electron chi connectivity index (χ3n) is 5.25. The molecule has 150 valence electrons. The number of aromatic amines is 1. The Labute approximate surface area is 165 Å². The summed E-state index contributed by atoms with van der Waals surface area (Å²) in [5.41, 5.74) is 3.93. The summed E-state index contributed by atoms with van der Waals surface area (Å²) in [7, 11) is 2.22. The molecule has 7 nitrogen and oxygen atoms in total. The van der Waals surface area contributed by atoms with Crippen LogP contribution in [0.25, 0.3) is 0 Å². The van der Waals surface area contributed by atoms with Crippen LogP contribution in [0.2, 0.25) is 0 Å². The van der Waals surface area contributed by atoms with Gasteiger partial charge in [-0.2, -0.15) is 0 Å². The van der Waals surface area contributed by atoms with Crippen LogP contribution in [0.3, 0.4) is 0 Å². The molecule has 3 rings (SSSR count). The molecule has 2 aromatic rings. The average Bonchev–Trinajstić information content (AvgIpc) is 2.97. The molecule has 0 unspecified atom stereocenters. The molecule has 0 aliphatic carbocycles. The fraction of sp³-hybridized carbons (Fsp3) is 0.429. The first-order chi connectivity index (χ1) is 13.4. The number of benzene rings is 1. The SMILES string of the molecule is CCOC(=O)c1c(C)[nH]c(C(=O)Nc2ccc(N3CC[NH+](C)CC3)cc2)c1C. The minimum absolute atomic E-state index is 0.271. The molecule has 1 aromatic carbocycles. The fourth-order valence-corrected chi connectivity index (χ4v) is 3.58. The van der Waals surface area contributed by atoms with Crippen molar-refractivity contribution < 1.29 is 19.2 Å². The van der Waals surface area contributed by atoms with Crippen LogP contribution in [-0.2, 0) is 4.74 Å². The molecule has 0 radical (unpaired) electrons. The number of rotatable bonds is 5. The van der Waals surface area contributed by atoms with Crippen molar-refractivity contribution in [3.05, 3.63) is 46.8 Å². The number of esters is 1. The maximum atomic E-state index is 12.7. The zero-order valence-electron chi connectivity index (χ0n) is 17.0. The van der Waals surface area contributed by atoms with Crippen molar-refractivity contribution in [2.24, 2.45) is 0 Å². The number of hydrogen-bond acceptors (Lipinski definition) is 4. The Hall–Kier alpha value is -2.80. The number of hydrogen-bond donors (Lipinski definition) is 3. The summed E-state index contributed by atoms with van der Waals surface area (Å²) in [5, 5.41) is 2.90. The number of aryl methyl sites for hydroxylation is 1. The normalized spacial score (nSPS) is 14.8. The van der Waals surface area contributed by atoms with Gasteiger partial charge in [-0.1, -0.05) is 0 Å². The van der Waals surface area contributed by atoms with Crippen LogP contribution in [0.4, 0.5) is 11.4 Å². The minimum Gasteiger partial charge on any atom is -0.462 e. The van der Waals surface area contributed by atoms with Crippen molar-refractivity contribution in [2.45, 2.75) is 20.8 Å². The summed E-state index contributed by atoms with van der Waals surface area (Å²) in [6, 6.07) is 7.89. The second-order valence-electron chi connectivity index (χ2n) is 7.29. The van der Waals surface area contributed by atoms with Crippen LogP contribution in [0.1, 0.15) is 39.0 Å². The molecular formula is C21H29N4O3+. The summed E-state index contributed by atoms with van der Waals surface area (Å²) >= 11 is 0. The van der Waals surface area contributed by atoms with Crippen molar-refractivity contribution in [1.82, 2.24) is 4.98 Å². The van der Waals surface area contributed by atoms with Gasteiger partial charge in [0, 0.05) is 17.1 Å². The van der Waals surface area contributed by atoms with Crippen molar-refractivity contribution in [1.29, 1.82) is 0 Å².